The quantitative estimate of drug-likeness (QED) is 0.0334. The maximum absolute atomic E-state index is 13.7. The molecule has 1 saturated heterocycles. The molecule has 3 N–H and O–H groups in total. The predicted molar refractivity (Wildman–Crippen MR) is 195 cm³/mol. The largest absolute Gasteiger partial charge is 0.593 e. The van der Waals surface area contributed by atoms with Crippen molar-refractivity contribution in [2.75, 3.05) is 0 Å². The number of unbranched alkanes of at least 4 members (excludes halogenated alkanes) is 24. The lowest BCUT2D eigenvalue weighted by Gasteiger charge is -2.42. The van der Waals surface area contributed by atoms with E-state index in [4.69, 9.17) is 9.47 Å². The van der Waals surface area contributed by atoms with Crippen LogP contribution in [0.15, 0.2) is 0 Å². The number of Topliss-reactive ketones (excluding diaryl/α,β-unsaturated/α-hetero) is 2. The first-order valence-electron chi connectivity index (χ1n) is 20.2. The Hall–Kier alpha value is -1.78. The summed E-state index contributed by atoms with van der Waals surface area (Å²) in [5.41, 5.74) is -4.02. The van der Waals surface area contributed by atoms with Gasteiger partial charge in [-0.25, -0.2) is 0 Å². The Morgan fingerprint density at radius 2 is 0.863 bits per heavy atom. The fourth-order valence-corrected chi connectivity index (χ4v) is 7.62. The lowest BCUT2D eigenvalue weighted by Crippen LogP contribution is -2.75. The van der Waals surface area contributed by atoms with Gasteiger partial charge in [0.05, 0.1) is 12.8 Å². The summed E-state index contributed by atoms with van der Waals surface area (Å²) in [6, 6.07) is 0. The van der Waals surface area contributed by atoms with Crippen LogP contribution in [0.4, 0.5) is 0 Å². The van der Waals surface area contributed by atoms with E-state index in [2.05, 4.69) is 13.8 Å². The topological polar surface area (TPSA) is 188 Å². The van der Waals surface area contributed by atoms with Gasteiger partial charge in [0.15, 0.2) is 5.78 Å². The monoisotopic (exact) mass is 744 g/mol. The van der Waals surface area contributed by atoms with Gasteiger partial charge in [-0.05, 0) is 12.8 Å². The highest BCUT2D eigenvalue weighted by Crippen LogP contribution is 2.49. The lowest BCUT2D eigenvalue weighted by molar-refractivity contribution is -0.394. The molecule has 0 aromatic rings. The van der Waals surface area contributed by atoms with Gasteiger partial charge in [0.1, 0.15) is 0 Å². The normalized spacial score (nSPS) is 17.2. The summed E-state index contributed by atoms with van der Waals surface area (Å²) in [6.07, 6.45) is 23.9. The molecule has 1 aliphatic rings. The van der Waals surface area contributed by atoms with Crippen LogP contribution in [-0.4, -0.2) is 55.7 Å². The molecule has 296 valence electrons. The highest BCUT2D eigenvalue weighted by Gasteiger charge is 2.81. The second kappa shape index (κ2) is 26.9. The summed E-state index contributed by atoms with van der Waals surface area (Å²) < 4.78 is 22.2. The van der Waals surface area contributed by atoms with E-state index in [-0.39, 0.29) is 12.8 Å². The number of carbonyl (C=O) groups is 4. The molecule has 51 heavy (non-hydrogen) atoms. The molecule has 0 aliphatic carbocycles. The lowest BCUT2D eigenvalue weighted by atomic mass is 9.81. The molecule has 1 heterocycles. The van der Waals surface area contributed by atoms with E-state index in [1.165, 1.54) is 77.0 Å². The molecule has 0 bridgehead atoms. The third kappa shape index (κ3) is 16.4. The van der Waals surface area contributed by atoms with Crippen LogP contribution in [0.1, 0.15) is 206 Å². The molecule has 1 fully saturated rings. The number of esters is 2. The minimum Gasteiger partial charge on any atom is -0.593 e. The van der Waals surface area contributed by atoms with Crippen LogP contribution in [0.3, 0.4) is 0 Å². The molecule has 1 rings (SSSR count). The molecule has 1 aliphatic heterocycles. The molecule has 0 spiro atoms. The Morgan fingerprint density at radius 1 is 0.588 bits per heavy atom. The number of cyclic esters (lactones) is 2. The Bertz CT molecular complexity index is 1020. The zero-order valence-electron chi connectivity index (χ0n) is 31.8. The number of hydrogen-bond acceptors (Lipinski definition) is 11. The smallest absolute Gasteiger partial charge is 0.420 e. The summed E-state index contributed by atoms with van der Waals surface area (Å²) in [5.74, 6) is -9.48. The number of ketones is 2. The average Bonchev–Trinajstić information content (AvgIpc) is 3.23. The van der Waals surface area contributed by atoms with E-state index in [0.717, 1.165) is 64.2 Å². The van der Waals surface area contributed by atoms with Crippen LogP contribution >= 0.6 is 8.03 Å². The van der Waals surface area contributed by atoms with Gasteiger partial charge in [0, 0.05) is 12.8 Å². The van der Waals surface area contributed by atoms with Crippen LogP contribution < -0.4 is 4.89 Å². The van der Waals surface area contributed by atoms with Crippen LogP contribution in [0, 0.1) is 0 Å². The summed E-state index contributed by atoms with van der Waals surface area (Å²) in [4.78, 5) is 64.4. The van der Waals surface area contributed by atoms with E-state index in [1.54, 1.807) is 0 Å². The molecule has 3 atom stereocenters. The molecule has 0 radical (unpaired) electrons. The SMILES string of the molecule is CCCCCCCCCCCCCCCC(=O)C(O)([P+](=O)[O-])C(O)(C(=O)CCCCCCCCCCCCCCC)C1(O)OC(=O)CCC(=O)O1. The van der Waals surface area contributed by atoms with E-state index < -0.39 is 74.1 Å². The summed E-state index contributed by atoms with van der Waals surface area (Å²) >= 11 is 0. The van der Waals surface area contributed by atoms with E-state index in [1.807, 2.05) is 0 Å². The summed E-state index contributed by atoms with van der Waals surface area (Å²) in [6.45, 7) is 4.39. The fourth-order valence-electron chi connectivity index (χ4n) is 6.77. The standard InChI is InChI=1S/C39H69O11P/c1-3-5-7-9-11-13-15-17-19-21-23-25-27-29-33(40)37(44,39(46)49-35(42)31-32-36(43)50-39)38(45,51(47)48)34(41)30-28-26-24-22-20-18-16-14-12-10-8-6-4-2/h44-46H,3-32H2,1-2H3. The van der Waals surface area contributed by atoms with Gasteiger partial charge < -0.3 is 29.7 Å². The first-order chi connectivity index (χ1) is 24.4. The fraction of sp³-hybridized carbons (Fsp3) is 0.897. The molecule has 11 nitrogen and oxygen atoms in total. The molecule has 0 amide bonds. The van der Waals surface area contributed by atoms with Gasteiger partial charge in [0.25, 0.3) is 0 Å². The van der Waals surface area contributed by atoms with Crippen molar-refractivity contribution >= 4 is 31.5 Å². The Morgan fingerprint density at radius 3 is 1.16 bits per heavy atom. The third-order valence-corrected chi connectivity index (χ3v) is 11.2. The zero-order valence-corrected chi connectivity index (χ0v) is 32.7. The van der Waals surface area contributed by atoms with E-state index in [9.17, 15) is 44.0 Å². The number of hydrogen-bond donors (Lipinski definition) is 3. The van der Waals surface area contributed by atoms with Crippen molar-refractivity contribution in [3.8, 4) is 0 Å². The number of ether oxygens (including phenoxy) is 2. The maximum atomic E-state index is 13.7. The zero-order chi connectivity index (χ0) is 38.0. The summed E-state index contributed by atoms with van der Waals surface area (Å²) in [5, 5.41) is 30.6. The second-order valence-corrected chi connectivity index (χ2v) is 15.7. The van der Waals surface area contributed by atoms with Crippen molar-refractivity contribution in [1.82, 2.24) is 0 Å². The minimum absolute atomic E-state index is 0.120. The Balaban J connectivity index is 2.79. The second-order valence-electron chi connectivity index (χ2n) is 14.5. The average molecular weight is 745 g/mol. The molecule has 12 heteroatoms. The minimum atomic E-state index is -4.39. The van der Waals surface area contributed by atoms with Crippen LogP contribution in [0.5, 0.6) is 0 Å². The van der Waals surface area contributed by atoms with Gasteiger partial charge in [-0.15, -0.1) is 0 Å². The van der Waals surface area contributed by atoms with E-state index >= 15 is 0 Å². The molecule has 0 saturated carbocycles. The van der Waals surface area contributed by atoms with Gasteiger partial charge in [-0.3, -0.25) is 19.2 Å². The Kier molecular flexibility index (Phi) is 24.9. The van der Waals surface area contributed by atoms with Gasteiger partial charge in [-0.2, -0.15) is 0 Å². The van der Waals surface area contributed by atoms with Crippen molar-refractivity contribution in [2.45, 2.75) is 223 Å². The van der Waals surface area contributed by atoms with Gasteiger partial charge in [0.2, 0.25) is 5.78 Å². The van der Waals surface area contributed by atoms with E-state index in [0.29, 0.717) is 12.8 Å². The van der Waals surface area contributed by atoms with Crippen molar-refractivity contribution in [3.05, 3.63) is 0 Å². The van der Waals surface area contributed by atoms with Gasteiger partial charge >= 0.3 is 36.9 Å². The van der Waals surface area contributed by atoms with Crippen LogP contribution in [-0.2, 0) is 33.2 Å². The summed E-state index contributed by atoms with van der Waals surface area (Å²) in [7, 11) is -4.39. The highest BCUT2D eigenvalue weighted by atomic mass is 31.1. The molecule has 3 unspecified atom stereocenters. The molecule has 0 aromatic heterocycles. The van der Waals surface area contributed by atoms with Crippen LogP contribution in [0.2, 0.25) is 0 Å². The van der Waals surface area contributed by atoms with Crippen LogP contribution in [0.25, 0.3) is 0 Å². The number of carbonyl (C=O) groups excluding carboxylic acids is 4. The highest BCUT2D eigenvalue weighted by molar-refractivity contribution is 7.40. The third-order valence-electron chi connectivity index (χ3n) is 10.1. The van der Waals surface area contributed by atoms with Crippen molar-refractivity contribution < 1.29 is 53.4 Å². The number of rotatable bonds is 33. The Labute approximate surface area is 307 Å². The van der Waals surface area contributed by atoms with Crippen molar-refractivity contribution in [2.24, 2.45) is 0 Å². The first-order valence-corrected chi connectivity index (χ1v) is 21.4. The number of aliphatic hydroxyl groups is 3. The first kappa shape index (κ1) is 47.2. The molecule has 0 aromatic carbocycles. The molecular weight excluding hydrogens is 675 g/mol. The maximum Gasteiger partial charge on any atom is 0.420 e. The van der Waals surface area contributed by atoms with Crippen molar-refractivity contribution in [1.29, 1.82) is 0 Å². The van der Waals surface area contributed by atoms with Gasteiger partial charge in [-0.1, -0.05) is 173 Å². The molecular formula is C39H69O11P. The van der Waals surface area contributed by atoms with Crippen molar-refractivity contribution in [3.63, 3.8) is 0 Å². The predicted octanol–water partition coefficient (Wildman–Crippen LogP) is 8.14.